The number of rotatable bonds is 0. The van der Waals surface area contributed by atoms with Gasteiger partial charge in [-0.05, 0) is 26.7 Å². The Bertz CT molecular complexity index is 243. The van der Waals surface area contributed by atoms with Crippen LogP contribution in [-0.2, 0) is 4.79 Å². The fourth-order valence-corrected chi connectivity index (χ4v) is 2.50. The number of alkyl halides is 1. The predicted octanol–water partition coefficient (Wildman–Crippen LogP) is 1.20. The normalized spacial score (nSPS) is 52.9. The van der Waals surface area contributed by atoms with Crippen molar-refractivity contribution in [3.8, 4) is 0 Å². The Kier molecular flexibility index (Phi) is 1.41. The van der Waals surface area contributed by atoms with Crippen LogP contribution in [0.25, 0.3) is 0 Å². The van der Waals surface area contributed by atoms with Crippen molar-refractivity contribution in [2.75, 3.05) is 0 Å². The fourth-order valence-electron chi connectivity index (χ4n) is 2.50. The van der Waals surface area contributed by atoms with Crippen molar-refractivity contribution in [1.82, 2.24) is 5.32 Å². The van der Waals surface area contributed by atoms with Crippen molar-refractivity contribution in [2.24, 2.45) is 0 Å². The van der Waals surface area contributed by atoms with Gasteiger partial charge in [0.15, 0.2) is 12.0 Å². The Balaban J connectivity index is 2.34. The minimum atomic E-state index is -1.30. The molecule has 0 spiro atoms. The van der Waals surface area contributed by atoms with E-state index in [-0.39, 0.29) is 11.3 Å². The molecule has 2 heterocycles. The Morgan fingerprint density at radius 3 is 2.83 bits per heavy atom. The maximum atomic E-state index is 13.4. The summed E-state index contributed by atoms with van der Waals surface area (Å²) in [6, 6.07) is 0. The second kappa shape index (κ2) is 2.08. The van der Waals surface area contributed by atoms with E-state index in [2.05, 4.69) is 5.32 Å². The molecule has 3 heteroatoms. The molecular weight excluding hydrogens is 157 g/mol. The lowest BCUT2D eigenvalue weighted by Gasteiger charge is -2.38. The molecule has 2 rings (SSSR count). The number of carbonyl (C=O) groups excluding carboxylic acids is 1. The van der Waals surface area contributed by atoms with Gasteiger partial charge in [0, 0.05) is 12.0 Å². The second-order valence-corrected chi connectivity index (χ2v) is 4.61. The molecule has 0 radical (unpaired) electrons. The molecule has 2 bridgehead atoms. The summed E-state index contributed by atoms with van der Waals surface area (Å²) >= 11 is 0. The van der Waals surface area contributed by atoms with Crippen LogP contribution in [0.4, 0.5) is 4.39 Å². The molecule has 0 aromatic rings. The van der Waals surface area contributed by atoms with Crippen molar-refractivity contribution in [3.05, 3.63) is 0 Å². The van der Waals surface area contributed by atoms with Gasteiger partial charge < -0.3 is 5.32 Å². The Morgan fingerprint density at radius 2 is 2.17 bits per heavy atom. The highest BCUT2D eigenvalue weighted by atomic mass is 19.1. The highest BCUT2D eigenvalue weighted by Gasteiger charge is 2.54. The molecule has 0 aromatic heterocycles. The van der Waals surface area contributed by atoms with E-state index in [9.17, 15) is 9.18 Å². The van der Waals surface area contributed by atoms with E-state index in [0.29, 0.717) is 6.42 Å². The van der Waals surface area contributed by atoms with Gasteiger partial charge in [-0.1, -0.05) is 0 Å². The van der Waals surface area contributed by atoms with Crippen LogP contribution in [0.5, 0.6) is 0 Å². The number of ketones is 1. The Morgan fingerprint density at radius 1 is 1.50 bits per heavy atom. The number of carbonyl (C=O) groups is 1. The molecule has 0 aromatic carbocycles. The summed E-state index contributed by atoms with van der Waals surface area (Å²) in [5.41, 5.74) is -0.710. The second-order valence-electron chi connectivity index (χ2n) is 4.61. The van der Waals surface area contributed by atoms with Crippen LogP contribution in [0.1, 0.15) is 33.1 Å². The number of fused-ring (bicyclic) bond motifs is 2. The number of hydrogen-bond donors (Lipinski definition) is 1. The number of hydrogen-bond acceptors (Lipinski definition) is 2. The van der Waals surface area contributed by atoms with Crippen LogP contribution in [0.3, 0.4) is 0 Å². The smallest absolute Gasteiger partial charge is 0.176 e. The molecule has 2 fully saturated rings. The molecule has 2 aliphatic heterocycles. The van der Waals surface area contributed by atoms with Crippen molar-refractivity contribution >= 4 is 5.78 Å². The van der Waals surface area contributed by atoms with E-state index in [1.807, 2.05) is 6.92 Å². The molecule has 2 aliphatic rings. The van der Waals surface area contributed by atoms with Gasteiger partial charge in [-0.3, -0.25) is 4.79 Å². The van der Waals surface area contributed by atoms with Crippen LogP contribution in [0, 0.1) is 0 Å². The molecular formula is C9H14FNO. The van der Waals surface area contributed by atoms with Crippen LogP contribution in [0.15, 0.2) is 0 Å². The van der Waals surface area contributed by atoms with E-state index in [1.54, 1.807) is 6.92 Å². The lowest BCUT2D eigenvalue weighted by atomic mass is 9.86. The van der Waals surface area contributed by atoms with E-state index < -0.39 is 11.7 Å². The first-order chi connectivity index (χ1) is 5.45. The van der Waals surface area contributed by atoms with E-state index >= 15 is 0 Å². The van der Waals surface area contributed by atoms with Gasteiger partial charge in [-0.2, -0.15) is 0 Å². The molecule has 1 N–H and O–H groups in total. The lowest BCUT2D eigenvalue weighted by Crippen LogP contribution is -2.60. The van der Waals surface area contributed by atoms with E-state index in [4.69, 9.17) is 0 Å². The van der Waals surface area contributed by atoms with Gasteiger partial charge in [0.05, 0.1) is 5.54 Å². The van der Waals surface area contributed by atoms with Crippen molar-refractivity contribution in [1.29, 1.82) is 0 Å². The zero-order valence-corrected chi connectivity index (χ0v) is 7.48. The molecule has 12 heavy (non-hydrogen) atoms. The average Bonchev–Trinajstić information content (AvgIpc) is 2.22. The highest BCUT2D eigenvalue weighted by molar-refractivity contribution is 5.87. The summed E-state index contributed by atoms with van der Waals surface area (Å²) in [5, 5.41) is 3.23. The molecule has 2 nitrogen and oxygen atoms in total. The highest BCUT2D eigenvalue weighted by Crippen LogP contribution is 2.41. The van der Waals surface area contributed by atoms with Crippen LogP contribution < -0.4 is 5.32 Å². The number of halogens is 1. The monoisotopic (exact) mass is 171 g/mol. The van der Waals surface area contributed by atoms with Gasteiger partial charge in [-0.15, -0.1) is 0 Å². The lowest BCUT2D eigenvalue weighted by molar-refractivity contribution is -0.130. The summed E-state index contributed by atoms with van der Waals surface area (Å²) in [5.74, 6) is -0.226. The standard InChI is InChI=1S/C9H14FNO/c1-8-3-4-9(2,11-8)7(10)6(12)5-8/h7,11H,3-5H2,1-2H3/t7?,8-,9+/m1/s1. The molecule has 2 saturated heterocycles. The van der Waals surface area contributed by atoms with Gasteiger partial charge in [0.2, 0.25) is 0 Å². The topological polar surface area (TPSA) is 29.1 Å². The number of nitrogens with one attached hydrogen (secondary N) is 1. The van der Waals surface area contributed by atoms with Crippen molar-refractivity contribution in [2.45, 2.75) is 50.4 Å². The molecule has 0 amide bonds. The summed E-state index contributed by atoms with van der Waals surface area (Å²) in [6.07, 6.45) is 0.739. The van der Waals surface area contributed by atoms with Crippen molar-refractivity contribution < 1.29 is 9.18 Å². The average molecular weight is 171 g/mol. The molecule has 0 aliphatic carbocycles. The SMILES string of the molecule is C[C@]12CC[C@](C)(N1)C(F)C(=O)C2. The first-order valence-electron chi connectivity index (χ1n) is 4.41. The first kappa shape index (κ1) is 8.17. The zero-order valence-electron chi connectivity index (χ0n) is 7.48. The minimum Gasteiger partial charge on any atom is -0.303 e. The van der Waals surface area contributed by atoms with Gasteiger partial charge in [-0.25, -0.2) is 4.39 Å². The van der Waals surface area contributed by atoms with Crippen molar-refractivity contribution in [3.63, 3.8) is 0 Å². The molecule has 68 valence electrons. The summed E-state index contributed by atoms with van der Waals surface area (Å²) in [4.78, 5) is 11.3. The largest absolute Gasteiger partial charge is 0.303 e. The third-order valence-corrected chi connectivity index (χ3v) is 3.19. The summed E-state index contributed by atoms with van der Waals surface area (Å²) in [6.45, 7) is 3.81. The zero-order chi connectivity index (χ0) is 8.98. The van der Waals surface area contributed by atoms with E-state index in [0.717, 1.165) is 12.8 Å². The van der Waals surface area contributed by atoms with Crippen LogP contribution in [-0.4, -0.2) is 23.0 Å². The fraction of sp³-hybridized carbons (Fsp3) is 0.889. The molecule has 1 unspecified atom stereocenters. The third kappa shape index (κ3) is 0.922. The first-order valence-corrected chi connectivity index (χ1v) is 4.41. The minimum absolute atomic E-state index is 0.131. The van der Waals surface area contributed by atoms with Gasteiger partial charge >= 0.3 is 0 Å². The molecule has 0 saturated carbocycles. The number of Topliss-reactive ketones (excluding diaryl/α,β-unsaturated/α-hetero) is 1. The number of piperidine rings is 1. The predicted molar refractivity (Wildman–Crippen MR) is 43.7 cm³/mol. The van der Waals surface area contributed by atoms with Crippen LogP contribution >= 0.6 is 0 Å². The van der Waals surface area contributed by atoms with Gasteiger partial charge in [0.1, 0.15) is 0 Å². The summed E-state index contributed by atoms with van der Waals surface area (Å²) < 4.78 is 13.4. The maximum Gasteiger partial charge on any atom is 0.176 e. The summed E-state index contributed by atoms with van der Waals surface area (Å²) in [7, 11) is 0. The Hall–Kier alpha value is -0.440. The quantitative estimate of drug-likeness (QED) is 0.593. The van der Waals surface area contributed by atoms with Gasteiger partial charge in [0.25, 0.3) is 0 Å². The van der Waals surface area contributed by atoms with E-state index in [1.165, 1.54) is 0 Å². The third-order valence-electron chi connectivity index (χ3n) is 3.19. The molecule has 3 atom stereocenters. The maximum absolute atomic E-state index is 13.4. The van der Waals surface area contributed by atoms with Crippen LogP contribution in [0.2, 0.25) is 0 Å². The Labute approximate surface area is 71.5 Å².